The molecule has 2 aromatic carbocycles. The first-order chi connectivity index (χ1) is 14.3. The van der Waals surface area contributed by atoms with Crippen molar-refractivity contribution in [2.75, 3.05) is 17.6 Å². The molecule has 3 rings (SSSR count). The minimum atomic E-state index is -0.526. The van der Waals surface area contributed by atoms with E-state index in [-0.39, 0.29) is 47.9 Å². The number of carbonyl (C=O) groups excluding carboxylic acids is 4. The van der Waals surface area contributed by atoms with Crippen molar-refractivity contribution in [3.63, 3.8) is 0 Å². The molecule has 1 aliphatic rings. The van der Waals surface area contributed by atoms with Gasteiger partial charge in [-0.1, -0.05) is 23.9 Å². The summed E-state index contributed by atoms with van der Waals surface area (Å²) in [7, 11) is 0. The number of anilines is 1. The SMILES string of the molecule is O=C(CCNC(=O)c1cc(F)ccc1Br)Nc1ccc(CN2C(=O)CSC2=O)cc1. The monoisotopic (exact) mass is 493 g/mol. The summed E-state index contributed by atoms with van der Waals surface area (Å²) in [5, 5.41) is 5.02. The maximum Gasteiger partial charge on any atom is 0.289 e. The number of thioether (sulfide) groups is 1. The first-order valence-corrected chi connectivity index (χ1v) is 10.7. The molecule has 1 saturated heterocycles. The Labute approximate surface area is 184 Å². The lowest BCUT2D eigenvalue weighted by atomic mass is 10.2. The molecular formula is C20H17BrFN3O4S. The molecule has 0 saturated carbocycles. The first kappa shape index (κ1) is 22.0. The van der Waals surface area contributed by atoms with E-state index in [1.807, 2.05) is 0 Å². The Morgan fingerprint density at radius 2 is 1.87 bits per heavy atom. The third kappa shape index (κ3) is 5.67. The zero-order valence-electron chi connectivity index (χ0n) is 15.6. The number of nitrogens with one attached hydrogen (secondary N) is 2. The topological polar surface area (TPSA) is 95.6 Å². The normalized spacial score (nSPS) is 13.5. The second-order valence-corrected chi connectivity index (χ2v) is 8.19. The zero-order chi connectivity index (χ0) is 21.7. The quantitative estimate of drug-likeness (QED) is 0.614. The summed E-state index contributed by atoms with van der Waals surface area (Å²) in [6.07, 6.45) is 0.0361. The van der Waals surface area contributed by atoms with Crippen LogP contribution in [0.25, 0.3) is 0 Å². The average molecular weight is 494 g/mol. The molecule has 0 radical (unpaired) electrons. The molecule has 0 unspecified atom stereocenters. The van der Waals surface area contributed by atoms with Crippen LogP contribution in [-0.4, -0.2) is 40.2 Å². The fourth-order valence-corrected chi connectivity index (χ4v) is 3.84. The second-order valence-electron chi connectivity index (χ2n) is 6.41. The van der Waals surface area contributed by atoms with Crippen molar-refractivity contribution < 1.29 is 23.6 Å². The van der Waals surface area contributed by atoms with Crippen molar-refractivity contribution >= 4 is 56.3 Å². The van der Waals surface area contributed by atoms with Crippen LogP contribution in [0.1, 0.15) is 22.3 Å². The number of halogens is 2. The summed E-state index contributed by atoms with van der Waals surface area (Å²) in [5.41, 5.74) is 1.47. The summed E-state index contributed by atoms with van der Waals surface area (Å²) < 4.78 is 13.7. The first-order valence-electron chi connectivity index (χ1n) is 8.92. The lowest BCUT2D eigenvalue weighted by Crippen LogP contribution is -2.28. The van der Waals surface area contributed by atoms with Crippen LogP contribution in [0.5, 0.6) is 0 Å². The molecule has 2 aromatic rings. The van der Waals surface area contributed by atoms with Crippen molar-refractivity contribution in [1.29, 1.82) is 0 Å². The Morgan fingerprint density at radius 3 is 2.53 bits per heavy atom. The third-order valence-corrected chi connectivity index (χ3v) is 5.78. The number of hydrogen-bond donors (Lipinski definition) is 2. The van der Waals surface area contributed by atoms with Gasteiger partial charge in [-0.15, -0.1) is 0 Å². The van der Waals surface area contributed by atoms with E-state index in [2.05, 4.69) is 26.6 Å². The highest BCUT2D eigenvalue weighted by Crippen LogP contribution is 2.22. The van der Waals surface area contributed by atoms with Gasteiger partial charge in [-0.3, -0.25) is 24.1 Å². The second kappa shape index (κ2) is 9.86. The van der Waals surface area contributed by atoms with Gasteiger partial charge in [0.1, 0.15) is 5.82 Å². The van der Waals surface area contributed by atoms with Gasteiger partial charge >= 0.3 is 0 Å². The molecule has 1 fully saturated rings. The van der Waals surface area contributed by atoms with Gasteiger partial charge in [-0.2, -0.15) is 0 Å². The van der Waals surface area contributed by atoms with Crippen molar-refractivity contribution in [1.82, 2.24) is 10.2 Å². The average Bonchev–Trinajstić information content (AvgIpc) is 3.03. The molecule has 0 aliphatic carbocycles. The highest BCUT2D eigenvalue weighted by molar-refractivity contribution is 9.10. The number of imide groups is 1. The summed E-state index contributed by atoms with van der Waals surface area (Å²) in [6.45, 7) is 0.281. The van der Waals surface area contributed by atoms with Crippen molar-refractivity contribution in [3.05, 3.63) is 63.9 Å². The van der Waals surface area contributed by atoms with E-state index in [1.165, 1.54) is 17.0 Å². The van der Waals surface area contributed by atoms with Crippen LogP contribution in [0.2, 0.25) is 0 Å². The standard InChI is InChI=1S/C20H17BrFN3O4S/c21-16-6-3-13(22)9-15(16)19(28)23-8-7-17(26)24-14-4-1-12(2-5-14)10-25-18(27)11-30-20(25)29/h1-6,9H,7-8,10-11H2,(H,23,28)(H,24,26). The number of carbonyl (C=O) groups is 4. The van der Waals surface area contributed by atoms with E-state index >= 15 is 0 Å². The molecule has 0 spiro atoms. The van der Waals surface area contributed by atoms with E-state index < -0.39 is 11.7 Å². The van der Waals surface area contributed by atoms with Gasteiger partial charge in [0.2, 0.25) is 11.8 Å². The molecule has 156 valence electrons. The van der Waals surface area contributed by atoms with Crippen LogP contribution in [0.15, 0.2) is 46.9 Å². The van der Waals surface area contributed by atoms with Gasteiger partial charge in [0, 0.05) is 23.1 Å². The highest BCUT2D eigenvalue weighted by atomic mass is 79.9. The zero-order valence-corrected chi connectivity index (χ0v) is 18.0. The van der Waals surface area contributed by atoms with E-state index in [4.69, 9.17) is 0 Å². The summed E-state index contributed by atoms with van der Waals surface area (Å²) in [4.78, 5) is 48.6. The minimum Gasteiger partial charge on any atom is -0.351 e. The van der Waals surface area contributed by atoms with Crippen LogP contribution < -0.4 is 10.6 Å². The highest BCUT2D eigenvalue weighted by Gasteiger charge is 2.29. The minimum absolute atomic E-state index is 0.0361. The van der Waals surface area contributed by atoms with Crippen molar-refractivity contribution in [2.45, 2.75) is 13.0 Å². The molecule has 1 aliphatic heterocycles. The van der Waals surface area contributed by atoms with Crippen molar-refractivity contribution in [2.24, 2.45) is 0 Å². The molecule has 4 amide bonds. The van der Waals surface area contributed by atoms with Gasteiger partial charge in [-0.25, -0.2) is 4.39 Å². The smallest absolute Gasteiger partial charge is 0.289 e. The largest absolute Gasteiger partial charge is 0.351 e. The molecule has 10 heteroatoms. The van der Waals surface area contributed by atoms with Gasteiger partial charge in [0.15, 0.2) is 0 Å². The molecule has 7 nitrogen and oxygen atoms in total. The van der Waals surface area contributed by atoms with Crippen LogP contribution in [-0.2, 0) is 16.1 Å². The van der Waals surface area contributed by atoms with Gasteiger partial charge < -0.3 is 10.6 Å². The number of hydrogen-bond acceptors (Lipinski definition) is 5. The fourth-order valence-electron chi connectivity index (χ4n) is 2.69. The van der Waals surface area contributed by atoms with Crippen LogP contribution in [0, 0.1) is 5.82 Å². The Balaban J connectivity index is 1.45. The predicted molar refractivity (Wildman–Crippen MR) is 115 cm³/mol. The van der Waals surface area contributed by atoms with Gasteiger partial charge in [0.05, 0.1) is 17.9 Å². The van der Waals surface area contributed by atoms with Crippen molar-refractivity contribution in [3.8, 4) is 0 Å². The van der Waals surface area contributed by atoms with Gasteiger partial charge in [-0.05, 0) is 51.8 Å². The van der Waals surface area contributed by atoms with E-state index in [0.717, 1.165) is 23.4 Å². The number of benzene rings is 2. The molecule has 0 aromatic heterocycles. The fraction of sp³-hybridized carbons (Fsp3) is 0.200. The lowest BCUT2D eigenvalue weighted by Gasteiger charge is -2.13. The molecular weight excluding hydrogens is 477 g/mol. The van der Waals surface area contributed by atoms with Crippen LogP contribution in [0.4, 0.5) is 14.9 Å². The Bertz CT molecular complexity index is 984. The maximum atomic E-state index is 13.3. The molecule has 2 N–H and O–H groups in total. The summed E-state index contributed by atoms with van der Waals surface area (Å²) in [6, 6.07) is 10.6. The van der Waals surface area contributed by atoms with Crippen LogP contribution in [0.3, 0.4) is 0 Å². The molecule has 1 heterocycles. The maximum absolute atomic E-state index is 13.3. The Hall–Kier alpha value is -2.72. The summed E-state index contributed by atoms with van der Waals surface area (Å²) >= 11 is 4.17. The van der Waals surface area contributed by atoms with E-state index in [9.17, 15) is 23.6 Å². The summed E-state index contributed by atoms with van der Waals surface area (Å²) in [5.74, 6) is -1.36. The Kier molecular flexibility index (Phi) is 7.22. The number of amides is 4. The molecule has 0 atom stereocenters. The van der Waals surface area contributed by atoms with E-state index in [1.54, 1.807) is 24.3 Å². The third-order valence-electron chi connectivity index (χ3n) is 4.23. The van der Waals surface area contributed by atoms with E-state index in [0.29, 0.717) is 10.2 Å². The van der Waals surface area contributed by atoms with Gasteiger partial charge in [0.25, 0.3) is 11.1 Å². The molecule has 30 heavy (non-hydrogen) atoms. The Morgan fingerprint density at radius 1 is 1.13 bits per heavy atom. The van der Waals surface area contributed by atoms with Crippen LogP contribution >= 0.6 is 27.7 Å². The number of nitrogens with zero attached hydrogens (tertiary/aromatic N) is 1. The number of rotatable bonds is 7. The lowest BCUT2D eigenvalue weighted by molar-refractivity contribution is -0.125. The predicted octanol–water partition coefficient (Wildman–Crippen LogP) is 3.54. The molecule has 0 bridgehead atoms.